The molecule has 0 spiro atoms. The minimum atomic E-state index is -3.76. The van der Waals surface area contributed by atoms with Crippen LogP contribution in [0, 0.1) is 5.82 Å². The Balaban J connectivity index is 2.39. The predicted octanol–water partition coefficient (Wildman–Crippen LogP) is 1.85. The number of benzene rings is 1. The fraction of sp³-hybridized carbons (Fsp3) is 0.500. The minimum absolute atomic E-state index is 0.0419. The molecule has 2 unspecified atom stereocenters. The number of nitrogens with zero attached hydrogens (tertiary/aromatic N) is 1. The Morgan fingerprint density at radius 3 is 2.47 bits per heavy atom. The summed E-state index contributed by atoms with van der Waals surface area (Å²) in [5.41, 5.74) is 0. The smallest absolute Gasteiger partial charge is 0.244 e. The second-order valence-electron chi connectivity index (χ2n) is 4.87. The summed E-state index contributed by atoms with van der Waals surface area (Å²) in [6, 6.07) is 3.47. The van der Waals surface area contributed by atoms with Crippen LogP contribution in [0.5, 0.6) is 0 Å². The molecule has 1 heterocycles. The lowest BCUT2D eigenvalue weighted by Gasteiger charge is -2.35. The summed E-state index contributed by atoms with van der Waals surface area (Å²) in [6.07, 6.45) is 0. The molecule has 0 aromatic heterocycles. The van der Waals surface area contributed by atoms with Gasteiger partial charge in [0, 0.05) is 25.2 Å². The standard InChI is InChI=1S/C12H16ClFN2O2S/c1-8-6-16(7-9(2)15-8)19(17,18)12-5-10(14)3-4-11(12)13/h3-5,8-9,15H,6-7H2,1-2H3. The second kappa shape index (κ2) is 5.36. The first-order valence-corrected chi connectivity index (χ1v) is 7.84. The third kappa shape index (κ3) is 3.08. The van der Waals surface area contributed by atoms with Crippen molar-refractivity contribution in [1.29, 1.82) is 0 Å². The highest BCUT2D eigenvalue weighted by molar-refractivity contribution is 7.89. The fourth-order valence-corrected chi connectivity index (χ4v) is 4.39. The third-order valence-electron chi connectivity index (χ3n) is 3.04. The van der Waals surface area contributed by atoms with Crippen molar-refractivity contribution in [3.63, 3.8) is 0 Å². The number of hydrogen-bond donors (Lipinski definition) is 1. The van der Waals surface area contributed by atoms with Crippen LogP contribution in [0.15, 0.2) is 23.1 Å². The van der Waals surface area contributed by atoms with Gasteiger partial charge >= 0.3 is 0 Å². The van der Waals surface area contributed by atoms with Crippen LogP contribution in [0.4, 0.5) is 4.39 Å². The Labute approximate surface area is 117 Å². The van der Waals surface area contributed by atoms with Gasteiger partial charge in [0.2, 0.25) is 10.0 Å². The summed E-state index contributed by atoms with van der Waals surface area (Å²) < 4.78 is 39.6. The zero-order valence-corrected chi connectivity index (χ0v) is 12.3. The van der Waals surface area contributed by atoms with Gasteiger partial charge in [-0.05, 0) is 32.0 Å². The van der Waals surface area contributed by atoms with Crippen LogP contribution in [-0.2, 0) is 10.0 Å². The van der Waals surface area contributed by atoms with E-state index in [2.05, 4.69) is 5.32 Å². The van der Waals surface area contributed by atoms with Crippen molar-refractivity contribution >= 4 is 21.6 Å². The summed E-state index contributed by atoms with van der Waals surface area (Å²) in [4.78, 5) is -0.171. The molecule has 1 fully saturated rings. The lowest BCUT2D eigenvalue weighted by atomic mass is 10.2. The Morgan fingerprint density at radius 1 is 1.32 bits per heavy atom. The normalized spacial score (nSPS) is 25.5. The summed E-state index contributed by atoms with van der Waals surface area (Å²) in [5, 5.41) is 3.29. The van der Waals surface area contributed by atoms with Gasteiger partial charge in [0.15, 0.2) is 0 Å². The molecule has 0 amide bonds. The molecule has 4 nitrogen and oxygen atoms in total. The van der Waals surface area contributed by atoms with Crippen molar-refractivity contribution in [2.75, 3.05) is 13.1 Å². The van der Waals surface area contributed by atoms with Crippen LogP contribution < -0.4 is 5.32 Å². The van der Waals surface area contributed by atoms with E-state index in [9.17, 15) is 12.8 Å². The predicted molar refractivity (Wildman–Crippen MR) is 72.2 cm³/mol. The molecule has 0 radical (unpaired) electrons. The van der Waals surface area contributed by atoms with Crippen molar-refractivity contribution in [2.45, 2.75) is 30.8 Å². The second-order valence-corrected chi connectivity index (χ2v) is 7.18. The number of nitrogens with one attached hydrogen (secondary N) is 1. The summed E-state index contributed by atoms with van der Waals surface area (Å²) >= 11 is 5.88. The van der Waals surface area contributed by atoms with Gasteiger partial charge in [-0.1, -0.05) is 11.6 Å². The Kier molecular flexibility index (Phi) is 4.15. The molecule has 19 heavy (non-hydrogen) atoms. The molecule has 2 atom stereocenters. The van der Waals surface area contributed by atoms with Crippen molar-refractivity contribution in [2.24, 2.45) is 0 Å². The summed E-state index contributed by atoms with van der Waals surface area (Å²) in [6.45, 7) is 4.51. The molecule has 1 saturated heterocycles. The number of halogens is 2. The molecule has 1 aliphatic heterocycles. The fourth-order valence-electron chi connectivity index (χ4n) is 2.29. The first kappa shape index (κ1) is 14.7. The van der Waals surface area contributed by atoms with E-state index in [4.69, 9.17) is 11.6 Å². The molecule has 1 aromatic rings. The van der Waals surface area contributed by atoms with E-state index < -0.39 is 15.8 Å². The van der Waals surface area contributed by atoms with Crippen LogP contribution in [0.25, 0.3) is 0 Å². The van der Waals surface area contributed by atoms with Crippen LogP contribution in [0.1, 0.15) is 13.8 Å². The monoisotopic (exact) mass is 306 g/mol. The maximum atomic E-state index is 13.2. The Bertz CT molecular complexity index is 569. The molecule has 2 rings (SSSR count). The van der Waals surface area contributed by atoms with Crippen LogP contribution in [-0.4, -0.2) is 37.9 Å². The minimum Gasteiger partial charge on any atom is -0.309 e. The van der Waals surface area contributed by atoms with Gasteiger partial charge in [0.1, 0.15) is 10.7 Å². The van der Waals surface area contributed by atoms with E-state index in [0.29, 0.717) is 13.1 Å². The molecular weight excluding hydrogens is 291 g/mol. The van der Waals surface area contributed by atoms with E-state index in [1.165, 1.54) is 10.4 Å². The van der Waals surface area contributed by atoms with Gasteiger partial charge in [0.05, 0.1) is 5.02 Å². The average Bonchev–Trinajstić information content (AvgIpc) is 2.31. The quantitative estimate of drug-likeness (QED) is 0.907. The van der Waals surface area contributed by atoms with Crippen molar-refractivity contribution < 1.29 is 12.8 Å². The Hall–Kier alpha value is -0.690. The molecule has 0 bridgehead atoms. The van der Waals surface area contributed by atoms with Crippen molar-refractivity contribution in [1.82, 2.24) is 9.62 Å². The van der Waals surface area contributed by atoms with Gasteiger partial charge < -0.3 is 5.32 Å². The van der Waals surface area contributed by atoms with E-state index in [-0.39, 0.29) is 22.0 Å². The average molecular weight is 307 g/mol. The highest BCUT2D eigenvalue weighted by Crippen LogP contribution is 2.26. The van der Waals surface area contributed by atoms with Crippen molar-refractivity contribution in [3.05, 3.63) is 29.0 Å². The number of hydrogen-bond acceptors (Lipinski definition) is 3. The van der Waals surface area contributed by atoms with E-state index in [1.807, 2.05) is 13.8 Å². The van der Waals surface area contributed by atoms with Crippen LogP contribution >= 0.6 is 11.6 Å². The zero-order chi connectivity index (χ0) is 14.2. The molecule has 106 valence electrons. The lowest BCUT2D eigenvalue weighted by molar-refractivity contribution is 0.263. The van der Waals surface area contributed by atoms with Crippen molar-refractivity contribution in [3.8, 4) is 0 Å². The largest absolute Gasteiger partial charge is 0.309 e. The van der Waals surface area contributed by atoms with E-state index in [1.54, 1.807) is 0 Å². The van der Waals surface area contributed by atoms with E-state index in [0.717, 1.165) is 12.1 Å². The summed E-state index contributed by atoms with van der Waals surface area (Å²) in [7, 11) is -3.76. The highest BCUT2D eigenvalue weighted by Gasteiger charge is 2.32. The maximum Gasteiger partial charge on any atom is 0.244 e. The Morgan fingerprint density at radius 2 is 1.89 bits per heavy atom. The van der Waals surface area contributed by atoms with Gasteiger partial charge in [-0.2, -0.15) is 4.31 Å². The third-order valence-corrected chi connectivity index (χ3v) is 5.35. The van der Waals surface area contributed by atoms with Gasteiger partial charge in [-0.15, -0.1) is 0 Å². The maximum absolute atomic E-state index is 13.2. The van der Waals surface area contributed by atoms with Crippen LogP contribution in [0.2, 0.25) is 5.02 Å². The van der Waals surface area contributed by atoms with Gasteiger partial charge in [-0.25, -0.2) is 12.8 Å². The molecule has 1 aromatic carbocycles. The zero-order valence-electron chi connectivity index (χ0n) is 10.7. The van der Waals surface area contributed by atoms with Gasteiger partial charge in [-0.3, -0.25) is 0 Å². The molecular formula is C12H16ClFN2O2S. The first-order chi connectivity index (χ1) is 8.80. The van der Waals surface area contributed by atoms with E-state index >= 15 is 0 Å². The number of piperazine rings is 1. The topological polar surface area (TPSA) is 49.4 Å². The lowest BCUT2D eigenvalue weighted by Crippen LogP contribution is -2.55. The molecule has 0 saturated carbocycles. The first-order valence-electron chi connectivity index (χ1n) is 6.02. The molecule has 0 aliphatic carbocycles. The van der Waals surface area contributed by atoms with Crippen LogP contribution in [0.3, 0.4) is 0 Å². The molecule has 7 heteroatoms. The number of sulfonamides is 1. The summed E-state index contributed by atoms with van der Waals surface area (Å²) in [5.74, 6) is -0.612. The number of rotatable bonds is 2. The molecule has 1 N–H and O–H groups in total. The SMILES string of the molecule is CC1CN(S(=O)(=O)c2cc(F)ccc2Cl)CC(C)N1. The van der Waals surface area contributed by atoms with Gasteiger partial charge in [0.25, 0.3) is 0 Å². The molecule has 1 aliphatic rings. The highest BCUT2D eigenvalue weighted by atomic mass is 35.5.